The molecule has 0 spiro atoms. The maximum absolute atomic E-state index is 11.9. The second kappa shape index (κ2) is 6.77. The Morgan fingerprint density at radius 2 is 1.95 bits per heavy atom. The highest BCUT2D eigenvalue weighted by atomic mass is 32.2. The minimum absolute atomic E-state index is 0.0184. The molecule has 1 saturated carbocycles. The molecule has 0 amide bonds. The second-order valence-electron chi connectivity index (χ2n) is 4.91. The predicted octanol–water partition coefficient (Wildman–Crippen LogP) is 0.917. The first-order valence-corrected chi connectivity index (χ1v) is 9.05. The summed E-state index contributed by atoms with van der Waals surface area (Å²) in [6.07, 6.45) is 2.82. The van der Waals surface area contributed by atoms with Gasteiger partial charge in [0.05, 0.1) is 12.3 Å². The van der Waals surface area contributed by atoms with E-state index in [0.29, 0.717) is 9.98 Å². The molecule has 1 unspecified atom stereocenters. The van der Waals surface area contributed by atoms with Crippen molar-refractivity contribution in [2.24, 2.45) is 5.92 Å². The van der Waals surface area contributed by atoms with Gasteiger partial charge < -0.3 is 4.55 Å². The summed E-state index contributed by atoms with van der Waals surface area (Å²) in [4.78, 5) is 2.13. The van der Waals surface area contributed by atoms with Gasteiger partial charge in [-0.15, -0.1) is 4.83 Å². The van der Waals surface area contributed by atoms with E-state index >= 15 is 0 Å². The quantitative estimate of drug-likeness (QED) is 0.598. The SMILES string of the molecule is O=S([O-])N(Cc1ccccc1)NS(=O)(=O)CC1CCC1. The first-order chi connectivity index (χ1) is 9.46. The highest BCUT2D eigenvalue weighted by Gasteiger charge is 2.26. The lowest BCUT2D eigenvalue weighted by atomic mass is 9.87. The maximum atomic E-state index is 11.9. The van der Waals surface area contributed by atoms with E-state index in [0.717, 1.165) is 19.3 Å². The lowest BCUT2D eigenvalue weighted by Gasteiger charge is -2.28. The number of nitrogens with one attached hydrogen (secondary N) is 1. The average Bonchev–Trinajstić information content (AvgIpc) is 2.34. The average molecular weight is 317 g/mol. The Bertz CT molecular complexity index is 558. The fourth-order valence-electron chi connectivity index (χ4n) is 2.03. The van der Waals surface area contributed by atoms with Gasteiger partial charge >= 0.3 is 0 Å². The molecule has 0 saturated heterocycles. The van der Waals surface area contributed by atoms with Crippen LogP contribution in [0.15, 0.2) is 30.3 Å². The Labute approximate surface area is 121 Å². The van der Waals surface area contributed by atoms with E-state index < -0.39 is 21.3 Å². The van der Waals surface area contributed by atoms with Gasteiger partial charge in [-0.25, -0.2) is 8.42 Å². The Balaban J connectivity index is 1.99. The van der Waals surface area contributed by atoms with Gasteiger partial charge in [0.2, 0.25) is 10.0 Å². The number of hydrogen-bond acceptors (Lipinski definition) is 4. The third-order valence-electron chi connectivity index (χ3n) is 3.27. The van der Waals surface area contributed by atoms with Gasteiger partial charge in [0.25, 0.3) is 0 Å². The smallest absolute Gasteiger partial charge is 0.225 e. The third kappa shape index (κ3) is 4.64. The highest BCUT2D eigenvalue weighted by molar-refractivity contribution is 7.90. The van der Waals surface area contributed by atoms with Crippen LogP contribution in [0.3, 0.4) is 0 Å². The molecule has 6 nitrogen and oxygen atoms in total. The number of sulfonamides is 1. The van der Waals surface area contributed by atoms with Crippen LogP contribution in [0.25, 0.3) is 0 Å². The topological polar surface area (TPSA) is 89.5 Å². The molecule has 1 aromatic rings. The maximum Gasteiger partial charge on any atom is 0.225 e. The van der Waals surface area contributed by atoms with Crippen LogP contribution >= 0.6 is 0 Å². The normalized spacial score (nSPS) is 17.9. The molecule has 20 heavy (non-hydrogen) atoms. The van der Waals surface area contributed by atoms with E-state index in [9.17, 15) is 17.2 Å². The largest absolute Gasteiger partial charge is 0.759 e. The molecule has 0 bridgehead atoms. The first-order valence-electron chi connectivity index (χ1n) is 6.37. The predicted molar refractivity (Wildman–Crippen MR) is 75.2 cm³/mol. The summed E-state index contributed by atoms with van der Waals surface area (Å²) in [6.45, 7) is -0.0269. The van der Waals surface area contributed by atoms with E-state index in [1.165, 1.54) is 0 Å². The van der Waals surface area contributed by atoms with Crippen LogP contribution < -0.4 is 4.83 Å². The molecular weight excluding hydrogens is 300 g/mol. The molecule has 2 rings (SSSR count). The Hall–Kier alpha value is -0.800. The molecule has 1 N–H and O–H groups in total. The van der Waals surface area contributed by atoms with E-state index in [1.807, 2.05) is 6.07 Å². The van der Waals surface area contributed by atoms with Gasteiger partial charge in [-0.05, 0) is 24.3 Å². The fourth-order valence-corrected chi connectivity index (χ4v) is 4.27. The Morgan fingerprint density at radius 1 is 1.30 bits per heavy atom. The summed E-state index contributed by atoms with van der Waals surface area (Å²) in [5.41, 5.74) is 0.711. The minimum atomic E-state index is -3.62. The molecule has 0 heterocycles. The van der Waals surface area contributed by atoms with Crippen LogP contribution in [0.2, 0.25) is 0 Å². The summed E-state index contributed by atoms with van der Waals surface area (Å²) in [7, 11) is -3.62. The monoisotopic (exact) mass is 317 g/mol. The third-order valence-corrected chi connectivity index (χ3v) is 5.37. The van der Waals surface area contributed by atoms with Crippen LogP contribution in [-0.4, -0.2) is 27.3 Å². The molecule has 1 fully saturated rings. The van der Waals surface area contributed by atoms with Crippen molar-refractivity contribution in [3.05, 3.63) is 35.9 Å². The number of hydrazine groups is 1. The van der Waals surface area contributed by atoms with Gasteiger partial charge in [0.15, 0.2) is 0 Å². The molecule has 1 aliphatic carbocycles. The van der Waals surface area contributed by atoms with Gasteiger partial charge in [-0.3, -0.25) is 4.21 Å². The zero-order chi connectivity index (χ0) is 14.6. The Morgan fingerprint density at radius 3 is 2.45 bits per heavy atom. The molecule has 0 radical (unpaired) electrons. The fraction of sp³-hybridized carbons (Fsp3) is 0.500. The second-order valence-corrected chi connectivity index (χ2v) is 7.53. The standard InChI is InChI=1S/C12H18N2O4S2/c15-19(16)14(9-11-5-2-1-3-6-11)13-20(17,18)10-12-7-4-8-12/h1-3,5-6,12-13H,4,7-10H2,(H,15,16)/p-1. The molecule has 112 valence electrons. The van der Waals surface area contributed by atoms with Crippen molar-refractivity contribution in [1.29, 1.82) is 0 Å². The molecule has 0 aromatic heterocycles. The van der Waals surface area contributed by atoms with Crippen LogP contribution in [0, 0.1) is 5.92 Å². The minimum Gasteiger partial charge on any atom is -0.759 e. The lowest BCUT2D eigenvalue weighted by Crippen LogP contribution is -2.45. The van der Waals surface area contributed by atoms with Crippen molar-refractivity contribution < 1.29 is 17.2 Å². The van der Waals surface area contributed by atoms with Crippen molar-refractivity contribution >= 4 is 21.3 Å². The first kappa shape index (κ1) is 15.6. The zero-order valence-corrected chi connectivity index (χ0v) is 12.5. The van der Waals surface area contributed by atoms with E-state index in [4.69, 9.17) is 0 Å². The van der Waals surface area contributed by atoms with Gasteiger partial charge in [0.1, 0.15) is 0 Å². The van der Waals surface area contributed by atoms with Crippen molar-refractivity contribution in [3.8, 4) is 0 Å². The van der Waals surface area contributed by atoms with E-state index in [1.54, 1.807) is 24.3 Å². The lowest BCUT2D eigenvalue weighted by molar-refractivity contribution is 0.329. The van der Waals surface area contributed by atoms with Crippen LogP contribution in [0.5, 0.6) is 0 Å². The number of nitrogens with zero attached hydrogens (tertiary/aromatic N) is 1. The van der Waals surface area contributed by atoms with Gasteiger partial charge in [-0.1, -0.05) is 36.8 Å². The number of benzene rings is 1. The summed E-state index contributed by atoms with van der Waals surface area (Å²) in [5.74, 6) is 0.126. The zero-order valence-electron chi connectivity index (χ0n) is 10.9. The van der Waals surface area contributed by atoms with Crippen LogP contribution in [-0.2, 0) is 27.8 Å². The van der Waals surface area contributed by atoms with Crippen molar-refractivity contribution in [1.82, 2.24) is 9.25 Å². The van der Waals surface area contributed by atoms with Crippen molar-refractivity contribution in [2.45, 2.75) is 25.8 Å². The number of rotatable bonds is 7. The Kier molecular flexibility index (Phi) is 5.28. The van der Waals surface area contributed by atoms with Crippen molar-refractivity contribution in [2.75, 3.05) is 5.75 Å². The molecule has 8 heteroatoms. The van der Waals surface area contributed by atoms with Gasteiger partial charge in [-0.2, -0.15) is 4.41 Å². The molecule has 1 atom stereocenters. The van der Waals surface area contributed by atoms with E-state index in [-0.39, 0.29) is 18.2 Å². The molecule has 1 aliphatic rings. The summed E-state index contributed by atoms with van der Waals surface area (Å²) < 4.78 is 46.8. The van der Waals surface area contributed by atoms with Crippen molar-refractivity contribution in [3.63, 3.8) is 0 Å². The number of hydrogen-bond donors (Lipinski definition) is 1. The molecular formula is C12H17N2O4S2-. The highest BCUT2D eigenvalue weighted by Crippen LogP contribution is 2.27. The van der Waals surface area contributed by atoms with Gasteiger partial charge in [0, 0.05) is 11.3 Å². The summed E-state index contributed by atoms with van der Waals surface area (Å²) in [6, 6.07) is 8.82. The molecule has 1 aromatic carbocycles. The summed E-state index contributed by atoms with van der Waals surface area (Å²) >= 11 is -2.66. The van der Waals surface area contributed by atoms with E-state index in [2.05, 4.69) is 4.83 Å². The summed E-state index contributed by atoms with van der Waals surface area (Å²) in [5, 5.41) is 0. The molecule has 0 aliphatic heterocycles. The van der Waals surface area contributed by atoms with Crippen LogP contribution in [0.1, 0.15) is 24.8 Å². The van der Waals surface area contributed by atoms with Crippen LogP contribution in [0.4, 0.5) is 0 Å².